The lowest BCUT2D eigenvalue weighted by molar-refractivity contribution is -0.0312. The zero-order valence-electron chi connectivity index (χ0n) is 23.3. The van der Waals surface area contributed by atoms with Crippen LogP contribution in [-0.4, -0.2) is 88.9 Å². The van der Waals surface area contributed by atoms with Crippen molar-refractivity contribution in [2.45, 2.75) is 46.8 Å². The molecule has 1 unspecified atom stereocenters. The highest BCUT2D eigenvalue weighted by atomic mass is 32.2. The van der Waals surface area contributed by atoms with Crippen LogP contribution in [0.25, 0.3) is 11.3 Å². The number of piperidine rings is 1. The van der Waals surface area contributed by atoms with Gasteiger partial charge in [0.1, 0.15) is 18.5 Å². The molecular weight excluding hydrogens is 580 g/mol. The number of hydrogen-bond donors (Lipinski definition) is 3. The summed E-state index contributed by atoms with van der Waals surface area (Å²) in [6.45, 7) is 1.48. The van der Waals surface area contributed by atoms with Gasteiger partial charge in [-0.15, -0.1) is 0 Å². The molecule has 0 aliphatic carbocycles. The predicted octanol–water partition coefficient (Wildman–Crippen LogP) is 2.00. The van der Waals surface area contributed by atoms with Crippen molar-refractivity contribution in [2.24, 2.45) is 0 Å². The predicted molar refractivity (Wildman–Crippen MR) is 157 cm³/mol. The topological polar surface area (TPSA) is 147 Å². The molecule has 2 aliphatic rings. The molecule has 3 aromatic rings. The van der Waals surface area contributed by atoms with E-state index in [4.69, 9.17) is 9.47 Å². The molecule has 2 aliphatic heterocycles. The van der Waals surface area contributed by atoms with Crippen LogP contribution >= 0.6 is 0 Å². The van der Waals surface area contributed by atoms with Crippen LogP contribution in [0.1, 0.15) is 19.3 Å². The van der Waals surface area contributed by atoms with Gasteiger partial charge in [-0.05, 0) is 62.7 Å². The van der Waals surface area contributed by atoms with E-state index in [0.29, 0.717) is 38.3 Å². The lowest BCUT2D eigenvalue weighted by Crippen LogP contribution is -2.47. The van der Waals surface area contributed by atoms with E-state index < -0.39 is 31.8 Å². The number of sulfonamides is 2. The van der Waals surface area contributed by atoms with Crippen LogP contribution in [-0.2, 0) is 24.8 Å². The van der Waals surface area contributed by atoms with E-state index in [1.807, 2.05) is 18.2 Å². The molecule has 2 saturated heterocycles. The minimum atomic E-state index is -3.63. The summed E-state index contributed by atoms with van der Waals surface area (Å²) in [5.41, 5.74) is 1.25. The van der Waals surface area contributed by atoms with Crippen LogP contribution < -0.4 is 14.8 Å². The van der Waals surface area contributed by atoms with Crippen molar-refractivity contribution in [3.63, 3.8) is 0 Å². The van der Waals surface area contributed by atoms with E-state index in [9.17, 15) is 21.9 Å². The summed E-state index contributed by atoms with van der Waals surface area (Å²) in [7, 11) is -5.88. The number of nitrogens with one attached hydrogen (secondary N) is 2. The molecule has 1 aromatic heterocycles. The molecule has 0 radical (unpaired) electrons. The van der Waals surface area contributed by atoms with Crippen molar-refractivity contribution in [1.82, 2.24) is 19.3 Å². The third-order valence-corrected chi connectivity index (χ3v) is 11.1. The van der Waals surface area contributed by atoms with Crippen molar-refractivity contribution >= 4 is 20.0 Å². The van der Waals surface area contributed by atoms with E-state index in [-0.39, 0.29) is 29.0 Å². The standard InChI is InChI=1S/C29H36N4O7S2/c1-30-41(35,36)27-6-4-5-25(17-27)39-21-24(34)19-32-23-18-29(40-20-23)12-15-33(16-13-29)42(37,38)26-10-8-22(9-11-26)28-7-2-3-14-31-28/h2-11,14,17,23-24,30,32,34H,12-13,15-16,18-21H2,1H3/t23?,24-/m0/s1. The second-order valence-corrected chi connectivity index (χ2v) is 14.4. The highest BCUT2D eigenvalue weighted by Crippen LogP contribution is 2.37. The molecule has 2 fully saturated rings. The molecule has 226 valence electrons. The van der Waals surface area contributed by atoms with Crippen LogP contribution in [0.2, 0.25) is 0 Å². The summed E-state index contributed by atoms with van der Waals surface area (Å²) >= 11 is 0. The quantitative estimate of drug-likeness (QED) is 0.294. The van der Waals surface area contributed by atoms with Crippen molar-refractivity contribution < 1.29 is 31.4 Å². The van der Waals surface area contributed by atoms with Crippen LogP contribution in [0.3, 0.4) is 0 Å². The number of ether oxygens (including phenoxy) is 2. The van der Waals surface area contributed by atoms with E-state index in [2.05, 4.69) is 15.0 Å². The van der Waals surface area contributed by atoms with Gasteiger partial charge in [0.25, 0.3) is 0 Å². The average Bonchev–Trinajstić information content (AvgIpc) is 3.41. The Labute approximate surface area is 247 Å². The van der Waals surface area contributed by atoms with E-state index in [0.717, 1.165) is 17.7 Å². The Hall–Kier alpha value is -2.91. The Balaban J connectivity index is 1.08. The first-order chi connectivity index (χ1) is 20.1. The summed E-state index contributed by atoms with van der Waals surface area (Å²) in [5, 5.41) is 13.7. The lowest BCUT2D eigenvalue weighted by Gasteiger charge is -2.38. The first-order valence-corrected chi connectivity index (χ1v) is 16.8. The molecule has 0 saturated carbocycles. The van der Waals surface area contributed by atoms with Gasteiger partial charge in [-0.1, -0.05) is 24.3 Å². The van der Waals surface area contributed by atoms with Crippen LogP contribution in [0.4, 0.5) is 0 Å². The van der Waals surface area contributed by atoms with Gasteiger partial charge in [0.15, 0.2) is 0 Å². The average molecular weight is 617 g/mol. The Bertz CT molecular complexity index is 1560. The van der Waals surface area contributed by atoms with Crippen molar-refractivity contribution in [1.29, 1.82) is 0 Å². The molecule has 13 heteroatoms. The molecular formula is C29H36N4O7S2. The Kier molecular flexibility index (Phi) is 9.28. The Morgan fingerprint density at radius 1 is 1.05 bits per heavy atom. The third kappa shape index (κ3) is 7.00. The van der Waals surface area contributed by atoms with Gasteiger partial charge in [0.05, 0.1) is 27.7 Å². The number of aliphatic hydroxyl groups is 1. The van der Waals surface area contributed by atoms with Gasteiger partial charge in [0, 0.05) is 43.5 Å². The molecule has 3 heterocycles. The first-order valence-electron chi connectivity index (χ1n) is 13.8. The second kappa shape index (κ2) is 12.8. The monoisotopic (exact) mass is 616 g/mol. The maximum atomic E-state index is 13.3. The van der Waals surface area contributed by atoms with Gasteiger partial charge >= 0.3 is 0 Å². The maximum absolute atomic E-state index is 13.3. The number of hydrogen-bond acceptors (Lipinski definition) is 9. The minimum absolute atomic E-state index is 0.00949. The molecule has 0 amide bonds. The zero-order valence-corrected chi connectivity index (χ0v) is 25.0. The van der Waals surface area contributed by atoms with E-state index in [1.165, 1.54) is 23.5 Å². The van der Waals surface area contributed by atoms with E-state index >= 15 is 0 Å². The molecule has 2 aromatic carbocycles. The van der Waals surface area contributed by atoms with Gasteiger partial charge in [-0.25, -0.2) is 21.6 Å². The zero-order chi connectivity index (χ0) is 29.8. The molecule has 2 atom stereocenters. The van der Waals surface area contributed by atoms with Crippen LogP contribution in [0.5, 0.6) is 5.75 Å². The van der Waals surface area contributed by atoms with E-state index in [1.54, 1.807) is 42.6 Å². The smallest absolute Gasteiger partial charge is 0.243 e. The number of aliphatic hydroxyl groups excluding tert-OH is 1. The lowest BCUT2D eigenvalue weighted by atomic mass is 9.88. The summed E-state index contributed by atoms with van der Waals surface area (Å²) in [6, 6.07) is 18.5. The van der Waals surface area contributed by atoms with Gasteiger partial charge in [-0.3, -0.25) is 4.98 Å². The summed E-state index contributed by atoms with van der Waals surface area (Å²) in [5.74, 6) is 0.347. The molecule has 3 N–H and O–H groups in total. The normalized spacial score (nSPS) is 20.0. The summed E-state index contributed by atoms with van der Waals surface area (Å²) in [6.07, 6.45) is 2.79. The van der Waals surface area contributed by atoms with Crippen LogP contribution in [0, 0.1) is 0 Å². The fraction of sp³-hybridized carbons (Fsp3) is 0.414. The number of pyridine rings is 1. The van der Waals surface area contributed by atoms with Gasteiger partial charge in [-0.2, -0.15) is 4.31 Å². The molecule has 42 heavy (non-hydrogen) atoms. The van der Waals surface area contributed by atoms with Crippen molar-refractivity contribution in [3.05, 3.63) is 72.9 Å². The number of aromatic nitrogens is 1. The van der Waals surface area contributed by atoms with Gasteiger partial charge in [0.2, 0.25) is 20.0 Å². The number of benzene rings is 2. The largest absolute Gasteiger partial charge is 0.491 e. The van der Waals surface area contributed by atoms with Gasteiger partial charge < -0.3 is 19.9 Å². The fourth-order valence-corrected chi connectivity index (χ4v) is 7.55. The van der Waals surface area contributed by atoms with Crippen LogP contribution in [0.15, 0.2) is 82.7 Å². The number of nitrogens with zero attached hydrogens (tertiary/aromatic N) is 2. The second-order valence-electron chi connectivity index (χ2n) is 10.6. The minimum Gasteiger partial charge on any atom is -0.491 e. The SMILES string of the molecule is CNS(=O)(=O)c1cccc(OC[C@@H](O)CNC2COC3(CCN(S(=O)(=O)c4ccc(-c5ccccn5)cc4)CC3)C2)c1. The summed E-state index contributed by atoms with van der Waals surface area (Å²) < 4.78 is 66.2. The van der Waals surface area contributed by atoms with Crippen molar-refractivity contribution in [2.75, 3.05) is 39.9 Å². The molecule has 11 nitrogen and oxygen atoms in total. The Morgan fingerprint density at radius 3 is 2.50 bits per heavy atom. The molecule has 0 bridgehead atoms. The molecule has 1 spiro atoms. The summed E-state index contributed by atoms with van der Waals surface area (Å²) in [4.78, 5) is 4.66. The highest BCUT2D eigenvalue weighted by Gasteiger charge is 2.44. The third-order valence-electron chi connectivity index (χ3n) is 7.76. The first kappa shape index (κ1) is 30.5. The molecule has 5 rings (SSSR count). The van der Waals surface area contributed by atoms with Crippen molar-refractivity contribution in [3.8, 4) is 17.0 Å². The fourth-order valence-electron chi connectivity index (χ4n) is 5.34. The highest BCUT2D eigenvalue weighted by molar-refractivity contribution is 7.89. The maximum Gasteiger partial charge on any atom is 0.243 e. The number of rotatable bonds is 11. The Morgan fingerprint density at radius 2 is 1.81 bits per heavy atom.